The van der Waals surface area contributed by atoms with Gasteiger partial charge >= 0.3 is 0 Å². The molecule has 3 nitrogen and oxygen atoms in total. The monoisotopic (exact) mass is 199 g/mol. The average Bonchev–Trinajstić information content (AvgIpc) is 2.47. The van der Waals surface area contributed by atoms with Crippen LogP contribution < -0.4 is 0 Å². The molecule has 0 amide bonds. The summed E-state index contributed by atoms with van der Waals surface area (Å²) < 4.78 is 5.34. The minimum Gasteiger partial charge on any atom is -0.392 e. The van der Waals surface area contributed by atoms with E-state index in [-0.39, 0.29) is 6.10 Å². The molecule has 2 unspecified atom stereocenters. The first kappa shape index (κ1) is 10.4. The largest absolute Gasteiger partial charge is 0.392 e. The number of aliphatic hydroxyl groups is 1. The van der Waals surface area contributed by atoms with Crippen molar-refractivity contribution < 1.29 is 9.84 Å². The number of aliphatic hydroxyl groups excluding tert-OH is 1. The molecule has 2 heterocycles. The summed E-state index contributed by atoms with van der Waals surface area (Å²) in [6, 6.07) is 0.563. The second kappa shape index (κ2) is 4.60. The summed E-state index contributed by atoms with van der Waals surface area (Å²) in [6.45, 7) is 6.10. The Labute approximate surface area is 86.0 Å². The lowest BCUT2D eigenvalue weighted by Gasteiger charge is -2.29. The standard InChI is InChI=1S/C11H21NO2/c1-9-6-11(13)8-12(9)7-10-2-4-14-5-3-10/h9-11,13H,2-8H2,1H3. The Balaban J connectivity index is 1.78. The molecule has 2 atom stereocenters. The summed E-state index contributed by atoms with van der Waals surface area (Å²) in [7, 11) is 0. The summed E-state index contributed by atoms with van der Waals surface area (Å²) in [5.41, 5.74) is 0. The minimum absolute atomic E-state index is 0.0927. The van der Waals surface area contributed by atoms with E-state index in [0.29, 0.717) is 6.04 Å². The van der Waals surface area contributed by atoms with Crippen LogP contribution in [0, 0.1) is 5.92 Å². The van der Waals surface area contributed by atoms with Crippen molar-refractivity contribution in [2.75, 3.05) is 26.3 Å². The molecule has 3 heteroatoms. The highest BCUT2D eigenvalue weighted by molar-refractivity contribution is 4.83. The van der Waals surface area contributed by atoms with E-state index < -0.39 is 0 Å². The van der Waals surface area contributed by atoms with Crippen LogP contribution in [0.4, 0.5) is 0 Å². The average molecular weight is 199 g/mol. The van der Waals surface area contributed by atoms with Crippen molar-refractivity contribution in [2.45, 2.75) is 38.3 Å². The molecule has 0 aliphatic carbocycles. The molecule has 2 aliphatic rings. The van der Waals surface area contributed by atoms with Crippen LogP contribution in [0.2, 0.25) is 0 Å². The van der Waals surface area contributed by atoms with Crippen LogP contribution in [-0.4, -0.2) is 48.5 Å². The molecule has 2 aliphatic heterocycles. The third-order valence-corrected chi connectivity index (χ3v) is 3.52. The lowest BCUT2D eigenvalue weighted by Crippen LogP contribution is -2.35. The Hall–Kier alpha value is -0.120. The molecule has 0 saturated carbocycles. The zero-order chi connectivity index (χ0) is 9.97. The maximum atomic E-state index is 9.53. The van der Waals surface area contributed by atoms with Gasteiger partial charge in [0.25, 0.3) is 0 Å². The highest BCUT2D eigenvalue weighted by Crippen LogP contribution is 2.22. The molecule has 2 fully saturated rings. The Kier molecular flexibility index (Phi) is 3.42. The van der Waals surface area contributed by atoms with Gasteiger partial charge in [-0.3, -0.25) is 4.90 Å². The van der Waals surface area contributed by atoms with Crippen LogP contribution in [-0.2, 0) is 4.74 Å². The van der Waals surface area contributed by atoms with E-state index in [1.54, 1.807) is 0 Å². The van der Waals surface area contributed by atoms with E-state index >= 15 is 0 Å². The van der Waals surface area contributed by atoms with E-state index in [0.717, 1.165) is 38.6 Å². The fourth-order valence-corrected chi connectivity index (χ4v) is 2.58. The molecule has 0 bridgehead atoms. The number of ether oxygens (including phenoxy) is 1. The van der Waals surface area contributed by atoms with Gasteiger partial charge in [0, 0.05) is 32.3 Å². The topological polar surface area (TPSA) is 32.7 Å². The van der Waals surface area contributed by atoms with Crippen LogP contribution >= 0.6 is 0 Å². The normalized spacial score (nSPS) is 36.4. The lowest BCUT2D eigenvalue weighted by molar-refractivity contribution is 0.0501. The molecular weight excluding hydrogens is 178 g/mol. The molecule has 0 spiro atoms. The van der Waals surface area contributed by atoms with Gasteiger partial charge in [-0.2, -0.15) is 0 Å². The third-order valence-electron chi connectivity index (χ3n) is 3.52. The Morgan fingerprint density at radius 3 is 2.64 bits per heavy atom. The van der Waals surface area contributed by atoms with Gasteiger partial charge in [0.15, 0.2) is 0 Å². The zero-order valence-electron chi connectivity index (χ0n) is 8.98. The van der Waals surface area contributed by atoms with Crippen molar-refractivity contribution in [1.82, 2.24) is 4.90 Å². The molecular formula is C11H21NO2. The fraction of sp³-hybridized carbons (Fsp3) is 1.00. The second-order valence-corrected chi connectivity index (χ2v) is 4.75. The maximum absolute atomic E-state index is 9.53. The van der Waals surface area contributed by atoms with Gasteiger partial charge in [-0.25, -0.2) is 0 Å². The molecule has 14 heavy (non-hydrogen) atoms. The SMILES string of the molecule is CC1CC(O)CN1CC1CCOCC1. The number of likely N-dealkylation sites (tertiary alicyclic amines) is 1. The van der Waals surface area contributed by atoms with Crippen LogP contribution in [0.1, 0.15) is 26.2 Å². The van der Waals surface area contributed by atoms with E-state index in [4.69, 9.17) is 4.74 Å². The van der Waals surface area contributed by atoms with Crippen molar-refractivity contribution in [3.8, 4) is 0 Å². The number of rotatable bonds is 2. The highest BCUT2D eigenvalue weighted by atomic mass is 16.5. The van der Waals surface area contributed by atoms with E-state index in [1.807, 2.05) is 0 Å². The van der Waals surface area contributed by atoms with Crippen LogP contribution in [0.15, 0.2) is 0 Å². The van der Waals surface area contributed by atoms with Crippen LogP contribution in [0.3, 0.4) is 0 Å². The molecule has 1 N–H and O–H groups in total. The van der Waals surface area contributed by atoms with Crippen LogP contribution in [0.25, 0.3) is 0 Å². The fourth-order valence-electron chi connectivity index (χ4n) is 2.58. The van der Waals surface area contributed by atoms with Gasteiger partial charge in [-0.1, -0.05) is 0 Å². The Bertz CT molecular complexity index is 180. The molecule has 0 aromatic carbocycles. The molecule has 82 valence electrons. The molecule has 0 aromatic heterocycles. The van der Waals surface area contributed by atoms with Gasteiger partial charge in [0.1, 0.15) is 0 Å². The molecule has 2 saturated heterocycles. The summed E-state index contributed by atoms with van der Waals surface area (Å²) in [5, 5.41) is 9.53. The van der Waals surface area contributed by atoms with Gasteiger partial charge < -0.3 is 9.84 Å². The van der Waals surface area contributed by atoms with E-state index in [1.165, 1.54) is 12.8 Å². The first-order valence-corrected chi connectivity index (χ1v) is 5.75. The van der Waals surface area contributed by atoms with Gasteiger partial charge in [0.05, 0.1) is 6.10 Å². The summed E-state index contributed by atoms with van der Waals surface area (Å²) in [5.74, 6) is 0.788. The number of hydrogen-bond donors (Lipinski definition) is 1. The lowest BCUT2D eigenvalue weighted by atomic mass is 9.99. The second-order valence-electron chi connectivity index (χ2n) is 4.75. The first-order valence-electron chi connectivity index (χ1n) is 5.75. The third kappa shape index (κ3) is 2.47. The van der Waals surface area contributed by atoms with E-state index in [9.17, 15) is 5.11 Å². The van der Waals surface area contributed by atoms with Gasteiger partial charge in [0.2, 0.25) is 0 Å². The van der Waals surface area contributed by atoms with Crippen molar-refractivity contribution in [2.24, 2.45) is 5.92 Å². The summed E-state index contributed by atoms with van der Waals surface area (Å²) in [6.07, 6.45) is 3.24. The summed E-state index contributed by atoms with van der Waals surface area (Å²) in [4.78, 5) is 2.43. The van der Waals surface area contributed by atoms with Gasteiger partial charge in [-0.15, -0.1) is 0 Å². The zero-order valence-corrected chi connectivity index (χ0v) is 8.98. The quantitative estimate of drug-likeness (QED) is 0.716. The van der Waals surface area contributed by atoms with Gasteiger partial charge in [-0.05, 0) is 32.1 Å². The van der Waals surface area contributed by atoms with E-state index in [2.05, 4.69) is 11.8 Å². The first-order chi connectivity index (χ1) is 6.75. The number of nitrogens with zero attached hydrogens (tertiary/aromatic N) is 1. The van der Waals surface area contributed by atoms with Crippen molar-refractivity contribution in [3.63, 3.8) is 0 Å². The highest BCUT2D eigenvalue weighted by Gasteiger charge is 2.29. The van der Waals surface area contributed by atoms with Crippen molar-refractivity contribution >= 4 is 0 Å². The number of hydrogen-bond acceptors (Lipinski definition) is 3. The predicted molar refractivity (Wildman–Crippen MR) is 55.2 cm³/mol. The predicted octanol–water partition coefficient (Wildman–Crippen LogP) is 0.868. The van der Waals surface area contributed by atoms with Crippen LogP contribution in [0.5, 0.6) is 0 Å². The van der Waals surface area contributed by atoms with Crippen molar-refractivity contribution in [1.29, 1.82) is 0 Å². The smallest absolute Gasteiger partial charge is 0.0682 e. The summed E-state index contributed by atoms with van der Waals surface area (Å²) >= 11 is 0. The Morgan fingerprint density at radius 1 is 1.36 bits per heavy atom. The molecule has 0 aromatic rings. The molecule has 2 rings (SSSR count). The molecule has 0 radical (unpaired) electrons. The Morgan fingerprint density at radius 2 is 2.07 bits per heavy atom. The number of β-amino-alcohol motifs (C(OH)–C–C–N with tert-alkyl or cyclic N) is 1. The van der Waals surface area contributed by atoms with Crippen molar-refractivity contribution in [3.05, 3.63) is 0 Å². The minimum atomic E-state index is -0.0927. The maximum Gasteiger partial charge on any atom is 0.0682 e.